The van der Waals surface area contributed by atoms with E-state index in [2.05, 4.69) is 14.9 Å². The first-order chi connectivity index (χ1) is 5.31. The fourth-order valence-corrected chi connectivity index (χ4v) is 1.06. The molecule has 1 unspecified atom stereocenters. The third-order valence-electron chi connectivity index (χ3n) is 0.399. The van der Waals surface area contributed by atoms with Crippen molar-refractivity contribution in [1.82, 2.24) is 5.48 Å². The number of hydrogen-bond acceptors (Lipinski definition) is 4. The molecule has 0 saturated heterocycles. The fourth-order valence-electron chi connectivity index (χ4n) is 0.185. The third kappa shape index (κ3) is 8.26. The Labute approximate surface area is 83.1 Å². The van der Waals surface area contributed by atoms with Crippen molar-refractivity contribution >= 4 is 49.1 Å². The Kier molecular flexibility index (Phi) is 5.08. The number of hydrogen-bond donors (Lipinski definition) is 2. The highest BCUT2D eigenvalue weighted by atomic mass is 35.6. The van der Waals surface area contributed by atoms with Crippen LogP contribution in [0.2, 0.25) is 0 Å². The van der Waals surface area contributed by atoms with Gasteiger partial charge in [-0.15, -0.1) is 0 Å². The zero-order valence-electron chi connectivity index (χ0n) is 5.29. The van der Waals surface area contributed by atoms with E-state index in [0.717, 1.165) is 0 Å². The first-order valence-electron chi connectivity index (χ1n) is 2.27. The summed E-state index contributed by atoms with van der Waals surface area (Å²) in [4.78, 5) is 9.97. The molecule has 10 heteroatoms. The van der Waals surface area contributed by atoms with Crippen LogP contribution in [0, 0.1) is 0 Å². The van der Waals surface area contributed by atoms with Crippen LogP contribution < -0.4 is 11.2 Å². The summed E-state index contributed by atoms with van der Waals surface area (Å²) >= 11 is 15.1. The lowest BCUT2D eigenvalue weighted by atomic mass is 11.2. The van der Waals surface area contributed by atoms with Gasteiger partial charge in [-0.1, -0.05) is 4.52 Å². The maximum atomic E-state index is 10.5. The Morgan fingerprint density at radius 2 is 2.00 bits per heavy atom. The minimum atomic E-state index is -2.76. The number of carbonyl (C=O) groups excluding carboxylic acids is 1. The number of nitrogens with two attached hydrogens (primary N) is 1. The Morgan fingerprint density at radius 1 is 1.50 bits per heavy atom. The van der Waals surface area contributed by atoms with E-state index in [0.29, 0.717) is 0 Å². The highest BCUT2D eigenvalue weighted by Gasteiger charge is 2.37. The van der Waals surface area contributed by atoms with Crippen LogP contribution in [0.4, 0.5) is 4.79 Å². The molecular formula is C2H3Cl3N2O4P+. The van der Waals surface area contributed by atoms with E-state index in [1.54, 1.807) is 0 Å². The predicted molar refractivity (Wildman–Crippen MR) is 42.8 cm³/mol. The van der Waals surface area contributed by atoms with Gasteiger partial charge in [-0.2, -0.15) is 5.48 Å². The molecule has 0 bridgehead atoms. The molecule has 0 aliphatic carbocycles. The normalized spacial score (nSPS) is 12.4. The van der Waals surface area contributed by atoms with Crippen molar-refractivity contribution in [3.8, 4) is 0 Å². The summed E-state index contributed by atoms with van der Waals surface area (Å²) in [5.74, 6) is 0. The minimum absolute atomic E-state index is 1.05. The molecule has 0 aromatic heterocycles. The van der Waals surface area contributed by atoms with Crippen LogP contribution in [0.5, 0.6) is 0 Å². The molecule has 0 aromatic carbocycles. The van der Waals surface area contributed by atoms with Gasteiger partial charge >= 0.3 is 18.3 Å². The van der Waals surface area contributed by atoms with Crippen LogP contribution in [0.25, 0.3) is 0 Å². The standard InChI is InChI=1S/C2H2Cl3N2O4P/c3-2(4,5)10-12(9)11-7-1(6)8/h(H2-,6,7,8)/p+1. The molecule has 1 atom stereocenters. The molecule has 0 spiro atoms. The van der Waals surface area contributed by atoms with E-state index in [1.807, 2.05) is 0 Å². The second kappa shape index (κ2) is 5.01. The van der Waals surface area contributed by atoms with Gasteiger partial charge in [0.2, 0.25) is 0 Å². The third-order valence-corrected chi connectivity index (χ3v) is 1.62. The van der Waals surface area contributed by atoms with Crippen molar-refractivity contribution in [3.05, 3.63) is 0 Å². The molecule has 3 N–H and O–H groups in total. The lowest BCUT2D eigenvalue weighted by molar-refractivity contribution is 0.160. The van der Waals surface area contributed by atoms with E-state index in [1.165, 1.54) is 5.48 Å². The number of carbonyl (C=O) groups is 1. The fraction of sp³-hybridized carbons (Fsp3) is 0.500. The van der Waals surface area contributed by atoms with E-state index in [-0.39, 0.29) is 0 Å². The van der Waals surface area contributed by atoms with Crippen LogP contribution in [0.3, 0.4) is 0 Å². The largest absolute Gasteiger partial charge is 0.726 e. The van der Waals surface area contributed by atoms with Crippen LogP contribution in [0.1, 0.15) is 0 Å². The quantitative estimate of drug-likeness (QED) is 0.456. The van der Waals surface area contributed by atoms with Gasteiger partial charge in [0.15, 0.2) is 0 Å². The summed E-state index contributed by atoms with van der Waals surface area (Å²) in [5.41, 5.74) is 6.07. The molecule has 2 amide bonds. The Balaban J connectivity index is 3.68. The highest BCUT2D eigenvalue weighted by Crippen LogP contribution is 2.38. The van der Waals surface area contributed by atoms with E-state index in [9.17, 15) is 9.36 Å². The van der Waals surface area contributed by atoms with Gasteiger partial charge in [0, 0.05) is 9.19 Å². The second-order valence-electron chi connectivity index (χ2n) is 1.32. The number of hydroxylamine groups is 1. The van der Waals surface area contributed by atoms with E-state index < -0.39 is 18.3 Å². The molecule has 0 radical (unpaired) electrons. The van der Waals surface area contributed by atoms with Crippen molar-refractivity contribution in [2.75, 3.05) is 0 Å². The van der Waals surface area contributed by atoms with Crippen molar-refractivity contribution in [1.29, 1.82) is 0 Å². The van der Waals surface area contributed by atoms with E-state index in [4.69, 9.17) is 34.8 Å². The Bertz CT molecular complexity index is 193. The van der Waals surface area contributed by atoms with Gasteiger partial charge in [0.25, 0.3) is 0 Å². The van der Waals surface area contributed by atoms with Gasteiger partial charge in [0.05, 0.1) is 0 Å². The summed E-state index contributed by atoms with van der Waals surface area (Å²) in [6.07, 6.45) is 0. The number of urea groups is 1. The number of rotatable bonds is 3. The SMILES string of the molecule is NC(=O)NO[P+](=O)OC(Cl)(Cl)Cl. The molecule has 70 valence electrons. The van der Waals surface area contributed by atoms with E-state index >= 15 is 0 Å². The molecule has 6 nitrogen and oxygen atoms in total. The summed E-state index contributed by atoms with van der Waals surface area (Å²) in [7, 11) is -2.76. The van der Waals surface area contributed by atoms with Gasteiger partial charge in [0.1, 0.15) is 0 Å². The lowest BCUT2D eigenvalue weighted by Crippen LogP contribution is -2.27. The topological polar surface area (TPSA) is 90.7 Å². The maximum absolute atomic E-state index is 10.5. The smallest absolute Gasteiger partial charge is 0.350 e. The van der Waals surface area contributed by atoms with Gasteiger partial charge in [-0.3, -0.25) is 0 Å². The average Bonchev–Trinajstić information content (AvgIpc) is 1.79. The zero-order valence-corrected chi connectivity index (χ0v) is 8.45. The van der Waals surface area contributed by atoms with Crippen molar-refractivity contribution in [3.63, 3.8) is 0 Å². The maximum Gasteiger partial charge on any atom is 0.726 e. The lowest BCUT2D eigenvalue weighted by Gasteiger charge is -1.98. The number of primary amides is 1. The molecule has 0 aliphatic heterocycles. The van der Waals surface area contributed by atoms with Crippen LogP contribution in [0.15, 0.2) is 0 Å². The van der Waals surface area contributed by atoms with Crippen molar-refractivity contribution in [2.24, 2.45) is 5.73 Å². The molecule has 12 heavy (non-hydrogen) atoms. The molecule has 0 saturated carbocycles. The molecular weight excluding hydrogens is 253 g/mol. The predicted octanol–water partition coefficient (Wildman–Crippen LogP) is 1.59. The van der Waals surface area contributed by atoms with Crippen LogP contribution >= 0.6 is 43.1 Å². The average molecular weight is 256 g/mol. The van der Waals surface area contributed by atoms with Gasteiger partial charge in [-0.25, -0.2) is 4.79 Å². The van der Waals surface area contributed by atoms with Crippen LogP contribution in [-0.4, -0.2) is 10.0 Å². The zero-order chi connectivity index (χ0) is 9.78. The van der Waals surface area contributed by atoms with Crippen molar-refractivity contribution < 1.29 is 18.5 Å². The Hall–Kier alpha value is 0.160. The highest BCUT2D eigenvalue weighted by molar-refractivity contribution is 7.33. The number of nitrogens with one attached hydrogen (secondary N) is 1. The monoisotopic (exact) mass is 255 g/mol. The molecule has 0 aromatic rings. The molecule has 0 rings (SSSR count). The summed E-state index contributed by atoms with van der Waals surface area (Å²) in [5, 5.41) is 0. The number of alkyl halides is 3. The molecule has 0 heterocycles. The number of amides is 2. The summed E-state index contributed by atoms with van der Waals surface area (Å²) in [6, 6.07) is -1.05. The summed E-state index contributed by atoms with van der Waals surface area (Å²) in [6.45, 7) is 0. The summed E-state index contributed by atoms with van der Waals surface area (Å²) < 4.78 is 16.5. The van der Waals surface area contributed by atoms with Gasteiger partial charge < -0.3 is 5.73 Å². The van der Waals surface area contributed by atoms with Crippen LogP contribution in [-0.2, 0) is 13.7 Å². The first-order valence-corrected chi connectivity index (χ1v) is 4.50. The molecule has 0 aliphatic rings. The molecule has 0 fully saturated rings. The first kappa shape index (κ1) is 12.2. The van der Waals surface area contributed by atoms with Crippen molar-refractivity contribution in [2.45, 2.75) is 3.98 Å². The Morgan fingerprint density at radius 3 is 2.33 bits per heavy atom. The second-order valence-corrected chi connectivity index (χ2v) is 4.31. The minimum Gasteiger partial charge on any atom is -0.350 e. The number of halogens is 3. The van der Waals surface area contributed by atoms with Gasteiger partial charge in [-0.05, 0) is 34.8 Å².